The first kappa shape index (κ1) is 11.8. The van der Waals surface area contributed by atoms with E-state index in [1.54, 1.807) is 25.1 Å². The smallest absolute Gasteiger partial charge is 0.237 e. The molecule has 0 aliphatic rings. The van der Waals surface area contributed by atoms with Crippen molar-refractivity contribution in [2.24, 2.45) is 5.10 Å². The van der Waals surface area contributed by atoms with Gasteiger partial charge in [-0.25, -0.2) is 0 Å². The molecule has 0 aromatic heterocycles. The van der Waals surface area contributed by atoms with E-state index in [1.165, 1.54) is 6.07 Å². The number of benzene rings is 1. The molecule has 0 saturated heterocycles. The van der Waals surface area contributed by atoms with Gasteiger partial charge in [-0.2, -0.15) is 15.6 Å². The van der Waals surface area contributed by atoms with Gasteiger partial charge in [0.25, 0.3) is 0 Å². The SMILES string of the molecule is Cc1cc(Cl)cc(NN=C(C#N)C#N)c1O. The second-order valence-electron chi connectivity index (χ2n) is 2.91. The van der Waals surface area contributed by atoms with E-state index in [-0.39, 0.29) is 17.1 Å². The van der Waals surface area contributed by atoms with Gasteiger partial charge in [-0.1, -0.05) is 11.6 Å². The molecular weight excluding hydrogens is 228 g/mol. The minimum Gasteiger partial charge on any atom is -0.505 e. The minimum absolute atomic E-state index is 0.0246. The number of nitrogens with one attached hydrogen (secondary N) is 1. The Morgan fingerprint density at radius 1 is 1.44 bits per heavy atom. The van der Waals surface area contributed by atoms with Crippen LogP contribution in [0.25, 0.3) is 0 Å². The molecule has 0 atom stereocenters. The third-order valence-corrected chi connectivity index (χ3v) is 1.98. The van der Waals surface area contributed by atoms with Crippen LogP contribution in [-0.4, -0.2) is 10.8 Å². The van der Waals surface area contributed by atoms with Gasteiger partial charge in [0, 0.05) is 5.02 Å². The van der Waals surface area contributed by atoms with Crippen LogP contribution in [0.1, 0.15) is 5.56 Å². The summed E-state index contributed by atoms with van der Waals surface area (Å²) >= 11 is 5.78. The monoisotopic (exact) mass is 234 g/mol. The van der Waals surface area contributed by atoms with Crippen LogP contribution in [-0.2, 0) is 0 Å². The van der Waals surface area contributed by atoms with Crippen molar-refractivity contribution in [1.29, 1.82) is 10.5 Å². The number of phenolic OH excluding ortho intramolecular Hbond substituents is 1. The number of nitrogens with zero attached hydrogens (tertiary/aromatic N) is 3. The topological polar surface area (TPSA) is 92.2 Å². The molecule has 0 amide bonds. The molecule has 0 heterocycles. The molecule has 1 rings (SSSR count). The summed E-state index contributed by atoms with van der Waals surface area (Å²) in [6.07, 6.45) is 0. The quantitative estimate of drug-likeness (QED) is 0.466. The average Bonchev–Trinajstić information content (AvgIpc) is 2.26. The van der Waals surface area contributed by atoms with E-state index >= 15 is 0 Å². The number of aromatic hydroxyl groups is 1. The molecule has 0 fully saturated rings. The normalized spacial score (nSPS) is 8.75. The number of hydrogen-bond acceptors (Lipinski definition) is 5. The Labute approximate surface area is 97.2 Å². The Morgan fingerprint density at radius 2 is 2.06 bits per heavy atom. The zero-order valence-corrected chi connectivity index (χ0v) is 9.08. The summed E-state index contributed by atoms with van der Waals surface area (Å²) in [4.78, 5) is 0. The van der Waals surface area contributed by atoms with Crippen molar-refractivity contribution in [2.75, 3.05) is 5.43 Å². The van der Waals surface area contributed by atoms with E-state index in [9.17, 15) is 5.11 Å². The highest BCUT2D eigenvalue weighted by molar-refractivity contribution is 6.31. The van der Waals surface area contributed by atoms with Gasteiger partial charge >= 0.3 is 0 Å². The van der Waals surface area contributed by atoms with E-state index in [4.69, 9.17) is 22.1 Å². The van der Waals surface area contributed by atoms with Crippen LogP contribution in [0.5, 0.6) is 5.75 Å². The maximum atomic E-state index is 9.62. The van der Waals surface area contributed by atoms with Crippen molar-refractivity contribution in [1.82, 2.24) is 0 Å². The molecular formula is C10H7ClN4O. The lowest BCUT2D eigenvalue weighted by molar-refractivity contribution is 0.473. The Hall–Kier alpha value is -2.24. The van der Waals surface area contributed by atoms with Crippen LogP contribution in [0.3, 0.4) is 0 Å². The summed E-state index contributed by atoms with van der Waals surface area (Å²) in [5, 5.41) is 30.4. The number of aryl methyl sites for hydroxylation is 1. The first-order chi connectivity index (χ1) is 7.58. The molecule has 6 heteroatoms. The van der Waals surface area contributed by atoms with Gasteiger partial charge in [0.15, 0.2) is 0 Å². The summed E-state index contributed by atoms with van der Waals surface area (Å²) in [6, 6.07) is 6.19. The highest BCUT2D eigenvalue weighted by Gasteiger charge is 2.05. The van der Waals surface area contributed by atoms with Gasteiger partial charge in [0.05, 0.1) is 5.69 Å². The number of anilines is 1. The molecule has 0 radical (unpaired) electrons. The second kappa shape index (κ2) is 5.01. The number of nitriles is 2. The predicted octanol–water partition coefficient (Wildman–Crippen LogP) is 2.17. The van der Waals surface area contributed by atoms with Crippen LogP contribution in [0.2, 0.25) is 5.02 Å². The zero-order valence-electron chi connectivity index (χ0n) is 8.32. The van der Waals surface area contributed by atoms with Gasteiger partial charge in [0.2, 0.25) is 5.71 Å². The van der Waals surface area contributed by atoms with E-state index in [1.807, 2.05) is 0 Å². The number of phenols is 1. The average molecular weight is 235 g/mol. The lowest BCUT2D eigenvalue weighted by atomic mass is 10.2. The number of rotatable bonds is 2. The summed E-state index contributed by atoms with van der Waals surface area (Å²) in [6.45, 7) is 1.67. The van der Waals surface area contributed by atoms with Crippen LogP contribution in [0, 0.1) is 29.6 Å². The van der Waals surface area contributed by atoms with E-state index < -0.39 is 0 Å². The van der Waals surface area contributed by atoms with Crippen molar-refractivity contribution < 1.29 is 5.11 Å². The third-order valence-electron chi connectivity index (χ3n) is 1.77. The molecule has 1 aromatic rings. The fourth-order valence-electron chi connectivity index (χ4n) is 1.01. The molecule has 0 spiro atoms. The van der Waals surface area contributed by atoms with Gasteiger partial charge in [-0.3, -0.25) is 5.43 Å². The van der Waals surface area contributed by atoms with Gasteiger partial charge < -0.3 is 5.11 Å². The molecule has 5 nitrogen and oxygen atoms in total. The standard InChI is InChI=1S/C10H7ClN4O/c1-6-2-7(11)3-9(10(6)16)15-14-8(4-12)5-13/h2-3,15-16H,1H3. The van der Waals surface area contributed by atoms with E-state index in [0.29, 0.717) is 10.6 Å². The van der Waals surface area contributed by atoms with Crippen LogP contribution in [0.4, 0.5) is 5.69 Å². The van der Waals surface area contributed by atoms with Crippen LogP contribution >= 0.6 is 11.6 Å². The fourth-order valence-corrected chi connectivity index (χ4v) is 1.28. The molecule has 80 valence electrons. The maximum absolute atomic E-state index is 9.62. The Kier molecular flexibility index (Phi) is 3.71. The summed E-state index contributed by atoms with van der Waals surface area (Å²) in [5.74, 6) is -0.0246. The fraction of sp³-hybridized carbons (Fsp3) is 0.100. The largest absolute Gasteiger partial charge is 0.505 e. The number of hydrazone groups is 1. The van der Waals surface area contributed by atoms with Crippen molar-refractivity contribution >= 4 is 23.0 Å². The summed E-state index contributed by atoms with van der Waals surface area (Å²) in [5.41, 5.74) is 2.88. The highest BCUT2D eigenvalue weighted by Crippen LogP contribution is 2.30. The first-order valence-electron chi connectivity index (χ1n) is 4.21. The third kappa shape index (κ3) is 2.63. The molecule has 0 saturated carbocycles. The van der Waals surface area contributed by atoms with Crippen molar-refractivity contribution in [2.45, 2.75) is 6.92 Å². The molecule has 16 heavy (non-hydrogen) atoms. The van der Waals surface area contributed by atoms with Gasteiger partial charge in [-0.05, 0) is 24.6 Å². The second-order valence-corrected chi connectivity index (χ2v) is 3.35. The highest BCUT2D eigenvalue weighted by atomic mass is 35.5. The molecule has 1 aromatic carbocycles. The molecule has 0 aliphatic heterocycles. The Morgan fingerprint density at radius 3 is 2.62 bits per heavy atom. The Bertz CT molecular complexity index is 509. The Balaban J connectivity index is 3.05. The van der Waals surface area contributed by atoms with E-state index in [2.05, 4.69) is 10.5 Å². The van der Waals surface area contributed by atoms with Crippen LogP contribution < -0.4 is 5.43 Å². The van der Waals surface area contributed by atoms with Crippen molar-refractivity contribution in [3.05, 3.63) is 22.7 Å². The van der Waals surface area contributed by atoms with Gasteiger partial charge in [0.1, 0.15) is 17.9 Å². The molecule has 0 bridgehead atoms. The lowest BCUT2D eigenvalue weighted by Crippen LogP contribution is -1.97. The maximum Gasteiger partial charge on any atom is 0.237 e. The minimum atomic E-state index is -0.336. The summed E-state index contributed by atoms with van der Waals surface area (Å²) < 4.78 is 0. The predicted molar refractivity (Wildman–Crippen MR) is 60.1 cm³/mol. The van der Waals surface area contributed by atoms with Crippen molar-refractivity contribution in [3.63, 3.8) is 0 Å². The molecule has 0 unspecified atom stereocenters. The number of halogens is 1. The summed E-state index contributed by atoms with van der Waals surface area (Å²) in [7, 11) is 0. The first-order valence-corrected chi connectivity index (χ1v) is 4.59. The lowest BCUT2D eigenvalue weighted by Gasteiger charge is -2.06. The molecule has 2 N–H and O–H groups in total. The van der Waals surface area contributed by atoms with Crippen molar-refractivity contribution in [3.8, 4) is 17.9 Å². The zero-order chi connectivity index (χ0) is 12.1. The number of hydrogen-bond donors (Lipinski definition) is 2. The molecule has 0 aliphatic carbocycles. The van der Waals surface area contributed by atoms with Gasteiger partial charge in [-0.15, -0.1) is 0 Å². The van der Waals surface area contributed by atoms with Crippen LogP contribution in [0.15, 0.2) is 17.2 Å². The van der Waals surface area contributed by atoms with E-state index in [0.717, 1.165) is 0 Å².